The monoisotopic (exact) mass is 816 g/mol. The summed E-state index contributed by atoms with van der Waals surface area (Å²) in [5, 5.41) is 0. The van der Waals surface area contributed by atoms with E-state index in [1.165, 1.54) is 135 Å². The first kappa shape index (κ1) is 54.8. The molecule has 0 rings (SSSR count). The smallest absolute Gasteiger partial charge is 0.306 e. The van der Waals surface area contributed by atoms with Crippen LogP contribution in [-0.4, -0.2) is 70.0 Å². The molecular weight excluding hydrogens is 725 g/mol. The number of likely N-dealkylation sites (N-methyl/N-ethyl adjacent to an activating group) is 1. The van der Waals surface area contributed by atoms with Gasteiger partial charge in [0, 0.05) is 12.8 Å². The number of allylic oxidation sites excluding steroid dienone is 2. The van der Waals surface area contributed by atoms with Gasteiger partial charge in [-0.2, -0.15) is 0 Å². The van der Waals surface area contributed by atoms with E-state index in [2.05, 4.69) is 26.0 Å². The summed E-state index contributed by atoms with van der Waals surface area (Å²) in [5.74, 6) is -0.833. The van der Waals surface area contributed by atoms with Crippen LogP contribution in [0.4, 0.5) is 0 Å². The minimum Gasteiger partial charge on any atom is -0.756 e. The Bertz CT molecular complexity index is 969. The minimum absolute atomic E-state index is 0.0292. The first-order valence-electron chi connectivity index (χ1n) is 23.4. The van der Waals surface area contributed by atoms with Crippen LogP contribution >= 0.6 is 7.82 Å². The van der Waals surface area contributed by atoms with E-state index in [4.69, 9.17) is 18.5 Å². The number of hydrogen-bond donors (Lipinski definition) is 0. The Morgan fingerprint density at radius 3 is 1.32 bits per heavy atom. The third-order valence-corrected chi connectivity index (χ3v) is 11.2. The number of phosphoric acid groups is 1. The first-order valence-corrected chi connectivity index (χ1v) is 24.9. The summed E-state index contributed by atoms with van der Waals surface area (Å²) in [6.07, 6.45) is 40.9. The second kappa shape index (κ2) is 39.2. The number of esters is 2. The number of carbonyl (C=O) groups excluding carboxylic acids is 2. The van der Waals surface area contributed by atoms with Crippen LogP contribution in [0.2, 0.25) is 0 Å². The lowest BCUT2D eigenvalue weighted by molar-refractivity contribution is -0.870. The predicted molar refractivity (Wildman–Crippen MR) is 231 cm³/mol. The number of quaternary nitrogens is 1. The topological polar surface area (TPSA) is 111 Å². The Kier molecular flexibility index (Phi) is 38.3. The van der Waals surface area contributed by atoms with Gasteiger partial charge in [-0.15, -0.1) is 0 Å². The summed E-state index contributed by atoms with van der Waals surface area (Å²) in [6, 6.07) is 0. The number of nitrogens with zero attached hydrogens (tertiary/aromatic N) is 1. The molecule has 2 atom stereocenters. The second-order valence-corrected chi connectivity index (χ2v) is 18.5. The number of carbonyl (C=O) groups is 2. The largest absolute Gasteiger partial charge is 0.756 e. The molecule has 1 unspecified atom stereocenters. The van der Waals surface area contributed by atoms with Crippen molar-refractivity contribution in [3.05, 3.63) is 12.2 Å². The Balaban J connectivity index is 4.28. The average Bonchev–Trinajstić information content (AvgIpc) is 3.15. The van der Waals surface area contributed by atoms with Gasteiger partial charge in [0.25, 0.3) is 7.82 Å². The lowest BCUT2D eigenvalue weighted by atomic mass is 10.0. The van der Waals surface area contributed by atoms with Gasteiger partial charge in [0.15, 0.2) is 6.10 Å². The van der Waals surface area contributed by atoms with Gasteiger partial charge in [-0.1, -0.05) is 180 Å². The molecule has 0 spiro atoms. The molecule has 56 heavy (non-hydrogen) atoms. The fourth-order valence-corrected chi connectivity index (χ4v) is 7.32. The van der Waals surface area contributed by atoms with Crippen LogP contribution in [0.1, 0.15) is 219 Å². The van der Waals surface area contributed by atoms with E-state index in [0.29, 0.717) is 17.4 Å². The standard InChI is InChI=1S/C46H90NO8P/c1-6-8-10-12-14-16-18-20-22-23-24-25-27-28-30-32-34-36-38-45(48)52-42-44(43-54-56(50,51)53-41-40-47(3,4)5)55-46(49)39-37-35-33-31-29-26-21-19-17-15-13-11-9-7-2/h19,21,44H,6-18,20,22-43H2,1-5H3/b21-19-/t44-/m1/s1. The van der Waals surface area contributed by atoms with E-state index in [1.54, 1.807) is 0 Å². The van der Waals surface area contributed by atoms with Gasteiger partial charge in [0.1, 0.15) is 19.8 Å². The van der Waals surface area contributed by atoms with Gasteiger partial charge >= 0.3 is 11.9 Å². The Labute approximate surface area is 346 Å². The Morgan fingerprint density at radius 1 is 0.536 bits per heavy atom. The number of phosphoric ester groups is 1. The van der Waals surface area contributed by atoms with Gasteiger partial charge in [-0.25, -0.2) is 0 Å². The van der Waals surface area contributed by atoms with E-state index in [-0.39, 0.29) is 32.0 Å². The van der Waals surface area contributed by atoms with E-state index in [1.807, 2.05) is 21.1 Å². The highest BCUT2D eigenvalue weighted by Crippen LogP contribution is 2.38. The maximum Gasteiger partial charge on any atom is 0.306 e. The highest BCUT2D eigenvalue weighted by Gasteiger charge is 2.21. The lowest BCUT2D eigenvalue weighted by Crippen LogP contribution is -2.37. The number of unbranched alkanes of at least 4 members (excludes halogenated alkanes) is 27. The van der Waals surface area contributed by atoms with Crippen molar-refractivity contribution in [3.63, 3.8) is 0 Å². The zero-order valence-electron chi connectivity index (χ0n) is 37.3. The number of ether oxygens (including phenoxy) is 2. The Morgan fingerprint density at radius 2 is 0.911 bits per heavy atom. The summed E-state index contributed by atoms with van der Waals surface area (Å²) < 4.78 is 33.9. The van der Waals surface area contributed by atoms with Gasteiger partial charge in [0.05, 0.1) is 27.7 Å². The van der Waals surface area contributed by atoms with Crippen molar-refractivity contribution in [2.24, 2.45) is 0 Å². The summed E-state index contributed by atoms with van der Waals surface area (Å²) in [4.78, 5) is 37.6. The molecule has 0 N–H and O–H groups in total. The van der Waals surface area contributed by atoms with E-state index in [0.717, 1.165) is 51.4 Å². The summed E-state index contributed by atoms with van der Waals surface area (Å²) >= 11 is 0. The number of hydrogen-bond acceptors (Lipinski definition) is 8. The van der Waals surface area contributed by atoms with Gasteiger partial charge in [0.2, 0.25) is 0 Å². The highest BCUT2D eigenvalue weighted by atomic mass is 31.2. The van der Waals surface area contributed by atoms with Crippen molar-refractivity contribution in [1.82, 2.24) is 0 Å². The summed E-state index contributed by atoms with van der Waals surface area (Å²) in [5.41, 5.74) is 0. The molecule has 10 heteroatoms. The van der Waals surface area contributed by atoms with Gasteiger partial charge < -0.3 is 27.9 Å². The maximum atomic E-state index is 12.7. The van der Waals surface area contributed by atoms with Crippen LogP contribution in [0.3, 0.4) is 0 Å². The molecule has 0 aliphatic heterocycles. The molecule has 0 aromatic rings. The quantitative estimate of drug-likeness (QED) is 0.0197. The molecular formula is C46H90NO8P. The zero-order valence-corrected chi connectivity index (χ0v) is 38.2. The molecule has 0 bridgehead atoms. The van der Waals surface area contributed by atoms with E-state index < -0.39 is 26.5 Å². The maximum absolute atomic E-state index is 12.7. The second-order valence-electron chi connectivity index (χ2n) is 17.1. The van der Waals surface area contributed by atoms with Crippen molar-refractivity contribution in [1.29, 1.82) is 0 Å². The Hall–Kier alpha value is -1.25. The van der Waals surface area contributed by atoms with Crippen LogP contribution < -0.4 is 4.89 Å². The van der Waals surface area contributed by atoms with Crippen molar-refractivity contribution in [2.75, 3.05) is 47.5 Å². The van der Waals surface area contributed by atoms with Crippen molar-refractivity contribution in [3.8, 4) is 0 Å². The molecule has 9 nitrogen and oxygen atoms in total. The van der Waals surface area contributed by atoms with Crippen LogP contribution in [0.25, 0.3) is 0 Å². The molecule has 0 fully saturated rings. The molecule has 0 aliphatic rings. The fourth-order valence-electron chi connectivity index (χ4n) is 6.59. The summed E-state index contributed by atoms with van der Waals surface area (Å²) in [7, 11) is 1.17. The molecule has 0 aromatic heterocycles. The molecule has 0 radical (unpaired) electrons. The molecule has 0 aliphatic carbocycles. The van der Waals surface area contributed by atoms with Crippen molar-refractivity contribution in [2.45, 2.75) is 225 Å². The van der Waals surface area contributed by atoms with E-state index >= 15 is 0 Å². The molecule has 0 aromatic carbocycles. The van der Waals surface area contributed by atoms with E-state index in [9.17, 15) is 19.0 Å². The third kappa shape index (κ3) is 42.4. The molecule has 0 amide bonds. The van der Waals surface area contributed by atoms with Crippen LogP contribution in [0.5, 0.6) is 0 Å². The van der Waals surface area contributed by atoms with Crippen molar-refractivity contribution >= 4 is 19.8 Å². The van der Waals surface area contributed by atoms with Gasteiger partial charge in [-0.3, -0.25) is 14.2 Å². The third-order valence-electron chi connectivity index (χ3n) is 10.3. The van der Waals surface area contributed by atoms with Gasteiger partial charge in [-0.05, 0) is 38.5 Å². The SMILES string of the molecule is CCCCCCC/C=C\CCCCCCCC(=O)O[C@H](COC(=O)CCCCCCCCCCCCCCCCCCCC)COP(=O)([O-])OCC[N+](C)(C)C. The van der Waals surface area contributed by atoms with Crippen LogP contribution in [0.15, 0.2) is 12.2 Å². The number of rotatable bonds is 43. The highest BCUT2D eigenvalue weighted by molar-refractivity contribution is 7.45. The molecule has 0 heterocycles. The molecule has 0 saturated heterocycles. The molecule has 0 saturated carbocycles. The lowest BCUT2D eigenvalue weighted by Gasteiger charge is -2.28. The normalized spacial score (nSPS) is 13.6. The first-order chi connectivity index (χ1) is 27.0. The van der Waals surface area contributed by atoms with Crippen LogP contribution in [0, 0.1) is 0 Å². The predicted octanol–water partition coefficient (Wildman–Crippen LogP) is 12.7. The fraction of sp³-hybridized carbons (Fsp3) is 0.913. The summed E-state index contributed by atoms with van der Waals surface area (Å²) in [6.45, 7) is 4.24. The van der Waals surface area contributed by atoms with Crippen molar-refractivity contribution < 1.29 is 42.1 Å². The average molecular weight is 816 g/mol. The zero-order chi connectivity index (χ0) is 41.4. The molecule has 332 valence electrons. The minimum atomic E-state index is -4.62. The van der Waals surface area contributed by atoms with Crippen LogP contribution in [-0.2, 0) is 32.7 Å².